The zero-order valence-electron chi connectivity index (χ0n) is 15.1. The van der Waals surface area contributed by atoms with E-state index in [9.17, 15) is 14.9 Å². The first-order chi connectivity index (χ1) is 13.4. The molecule has 0 aliphatic carbocycles. The van der Waals surface area contributed by atoms with Crippen LogP contribution in [0.1, 0.15) is 18.9 Å². The number of allylic oxidation sites excluding steroid dienone is 1. The summed E-state index contributed by atoms with van der Waals surface area (Å²) in [6, 6.07) is 14.8. The van der Waals surface area contributed by atoms with Crippen LogP contribution in [0.2, 0.25) is 10.0 Å². The van der Waals surface area contributed by atoms with E-state index in [1.54, 1.807) is 37.3 Å². The summed E-state index contributed by atoms with van der Waals surface area (Å²) in [5, 5.41) is 18.2. The van der Waals surface area contributed by atoms with Crippen molar-refractivity contribution in [1.82, 2.24) is 10.6 Å². The Balaban J connectivity index is 2.04. The van der Waals surface area contributed by atoms with Crippen LogP contribution in [-0.4, -0.2) is 11.9 Å². The molecule has 0 unspecified atom stereocenters. The quantitative estimate of drug-likeness (QED) is 0.472. The number of carbonyl (C=O) groups excluding carboxylic acids is 2. The summed E-state index contributed by atoms with van der Waals surface area (Å²) in [5.74, 6) is -0.789. The minimum atomic E-state index is -0.789. The lowest BCUT2D eigenvalue weighted by Gasteiger charge is -2.12. The predicted octanol–water partition coefficient (Wildman–Crippen LogP) is 4.62. The van der Waals surface area contributed by atoms with Crippen molar-refractivity contribution in [3.63, 3.8) is 0 Å². The minimum Gasteiger partial charge on any atom is -0.383 e. The molecule has 0 aliphatic rings. The third kappa shape index (κ3) is 6.31. The molecule has 0 fully saturated rings. The molecule has 0 saturated carbocycles. The van der Waals surface area contributed by atoms with Crippen LogP contribution in [0, 0.1) is 11.3 Å². The Morgan fingerprint density at radius 3 is 2.39 bits per heavy atom. The van der Waals surface area contributed by atoms with E-state index >= 15 is 0 Å². The Morgan fingerprint density at radius 2 is 1.79 bits per heavy atom. The summed E-state index contributed by atoms with van der Waals surface area (Å²) in [6.07, 6.45) is 0.416. The van der Waals surface area contributed by atoms with Crippen molar-refractivity contribution < 1.29 is 9.59 Å². The second-order valence-corrected chi connectivity index (χ2v) is 6.59. The molecule has 8 heteroatoms. The topological polar surface area (TPSA) is 94.0 Å². The second-order valence-electron chi connectivity index (χ2n) is 5.72. The molecule has 2 aromatic rings. The molecule has 144 valence electrons. The fourth-order valence-electron chi connectivity index (χ4n) is 2.35. The standard InChI is InChI=1S/C20H18Cl2N4O2/c1-2-18(24-12-13-6-8-14(21)9-7-13)17(11-23)19(27)26-20(28)25-16-5-3-4-15(22)10-16/h3-10,24H,2,12H2,1H3,(H2,25,26,27,28). The predicted molar refractivity (Wildman–Crippen MR) is 110 cm³/mol. The summed E-state index contributed by atoms with van der Waals surface area (Å²) in [6.45, 7) is 2.22. The minimum absolute atomic E-state index is 0.155. The maximum atomic E-state index is 12.4. The molecule has 6 nitrogen and oxygen atoms in total. The summed E-state index contributed by atoms with van der Waals surface area (Å²) in [4.78, 5) is 24.4. The van der Waals surface area contributed by atoms with E-state index in [-0.39, 0.29) is 5.57 Å². The molecule has 0 heterocycles. The number of benzene rings is 2. The van der Waals surface area contributed by atoms with Crippen LogP contribution in [0.15, 0.2) is 59.8 Å². The number of anilines is 1. The highest BCUT2D eigenvalue weighted by Gasteiger charge is 2.17. The second kappa shape index (κ2) is 10.4. The van der Waals surface area contributed by atoms with Gasteiger partial charge >= 0.3 is 6.03 Å². The molecular weight excluding hydrogens is 399 g/mol. The Kier molecular flexibility index (Phi) is 7.88. The maximum absolute atomic E-state index is 12.4. The smallest absolute Gasteiger partial charge is 0.326 e. The van der Waals surface area contributed by atoms with Crippen molar-refractivity contribution in [2.24, 2.45) is 0 Å². The SMILES string of the molecule is CCC(NCc1ccc(Cl)cc1)=C(C#N)C(=O)NC(=O)Nc1cccc(Cl)c1. The highest BCUT2D eigenvalue weighted by molar-refractivity contribution is 6.31. The van der Waals surface area contributed by atoms with Gasteiger partial charge in [0.05, 0.1) is 0 Å². The molecule has 0 atom stereocenters. The Labute approximate surface area is 173 Å². The summed E-state index contributed by atoms with van der Waals surface area (Å²) in [7, 11) is 0. The number of hydrogen-bond acceptors (Lipinski definition) is 4. The molecule has 0 saturated heterocycles. The first-order valence-corrected chi connectivity index (χ1v) is 9.18. The first kappa shape index (κ1) is 21.3. The van der Waals surface area contributed by atoms with Crippen LogP contribution in [-0.2, 0) is 11.3 Å². The van der Waals surface area contributed by atoms with Gasteiger partial charge in [0, 0.05) is 28.0 Å². The lowest BCUT2D eigenvalue weighted by molar-refractivity contribution is -0.116. The number of urea groups is 1. The fraction of sp³-hybridized carbons (Fsp3) is 0.150. The van der Waals surface area contributed by atoms with Gasteiger partial charge in [-0.25, -0.2) is 4.79 Å². The highest BCUT2D eigenvalue weighted by Crippen LogP contribution is 2.15. The van der Waals surface area contributed by atoms with Crippen molar-refractivity contribution in [2.45, 2.75) is 19.9 Å². The third-order valence-corrected chi connectivity index (χ3v) is 4.21. The largest absolute Gasteiger partial charge is 0.383 e. The van der Waals surface area contributed by atoms with Gasteiger partial charge in [-0.15, -0.1) is 0 Å². The van der Waals surface area contributed by atoms with Crippen molar-refractivity contribution in [1.29, 1.82) is 5.26 Å². The van der Waals surface area contributed by atoms with Crippen LogP contribution in [0.4, 0.5) is 10.5 Å². The molecule has 2 aromatic carbocycles. The number of hydrogen-bond donors (Lipinski definition) is 3. The van der Waals surface area contributed by atoms with Gasteiger partial charge in [0.25, 0.3) is 5.91 Å². The van der Waals surface area contributed by atoms with Crippen LogP contribution >= 0.6 is 23.2 Å². The summed E-state index contributed by atoms with van der Waals surface area (Å²) in [5.41, 5.74) is 1.65. The van der Waals surface area contributed by atoms with Gasteiger partial charge in [-0.1, -0.05) is 48.3 Å². The molecule has 0 aliphatic heterocycles. The number of carbonyl (C=O) groups is 2. The van der Waals surface area contributed by atoms with Crippen molar-refractivity contribution >= 4 is 40.8 Å². The van der Waals surface area contributed by atoms with Crippen LogP contribution in [0.25, 0.3) is 0 Å². The zero-order chi connectivity index (χ0) is 20.5. The van der Waals surface area contributed by atoms with Crippen molar-refractivity contribution in [3.05, 3.63) is 75.4 Å². The number of nitrogens with zero attached hydrogens (tertiary/aromatic N) is 1. The van der Waals surface area contributed by atoms with E-state index in [1.807, 2.05) is 18.2 Å². The molecule has 3 N–H and O–H groups in total. The Hall–Kier alpha value is -3.01. The summed E-state index contributed by atoms with van der Waals surface area (Å²) < 4.78 is 0. The van der Waals surface area contributed by atoms with Crippen LogP contribution in [0.5, 0.6) is 0 Å². The molecule has 28 heavy (non-hydrogen) atoms. The van der Waals surface area contributed by atoms with Crippen molar-refractivity contribution in [2.75, 3.05) is 5.32 Å². The van der Waals surface area contributed by atoms with Gasteiger partial charge in [0.2, 0.25) is 0 Å². The fourth-order valence-corrected chi connectivity index (χ4v) is 2.67. The first-order valence-electron chi connectivity index (χ1n) is 8.42. The Morgan fingerprint density at radius 1 is 1.07 bits per heavy atom. The van der Waals surface area contributed by atoms with Gasteiger partial charge in [-0.2, -0.15) is 5.26 Å². The number of amides is 3. The van der Waals surface area contributed by atoms with E-state index in [1.165, 1.54) is 6.07 Å². The maximum Gasteiger partial charge on any atom is 0.326 e. The van der Waals surface area contributed by atoms with E-state index in [4.69, 9.17) is 23.2 Å². The average molecular weight is 417 g/mol. The third-order valence-electron chi connectivity index (χ3n) is 3.72. The summed E-state index contributed by atoms with van der Waals surface area (Å²) >= 11 is 11.7. The molecule has 0 radical (unpaired) electrons. The number of nitriles is 1. The molecule has 0 spiro atoms. The molecule has 0 bridgehead atoms. The normalized spacial score (nSPS) is 11.1. The average Bonchev–Trinajstić information content (AvgIpc) is 2.66. The molecular formula is C20H18Cl2N4O2. The van der Waals surface area contributed by atoms with E-state index in [0.29, 0.717) is 34.4 Å². The Bertz CT molecular complexity index is 934. The van der Waals surface area contributed by atoms with Gasteiger partial charge in [0.1, 0.15) is 11.6 Å². The molecule has 3 amide bonds. The van der Waals surface area contributed by atoms with E-state index in [0.717, 1.165) is 5.56 Å². The zero-order valence-corrected chi connectivity index (χ0v) is 16.6. The lowest BCUT2D eigenvalue weighted by atomic mass is 10.1. The van der Waals surface area contributed by atoms with Gasteiger partial charge in [0.15, 0.2) is 0 Å². The van der Waals surface area contributed by atoms with Crippen LogP contribution in [0.3, 0.4) is 0 Å². The highest BCUT2D eigenvalue weighted by atomic mass is 35.5. The number of halogens is 2. The van der Waals surface area contributed by atoms with E-state index < -0.39 is 11.9 Å². The number of imide groups is 1. The monoisotopic (exact) mass is 416 g/mol. The van der Waals surface area contributed by atoms with Crippen molar-refractivity contribution in [3.8, 4) is 6.07 Å². The lowest BCUT2D eigenvalue weighted by Crippen LogP contribution is -2.36. The van der Waals surface area contributed by atoms with Gasteiger partial charge < -0.3 is 10.6 Å². The number of rotatable bonds is 6. The molecule has 2 rings (SSSR count). The molecule has 0 aromatic heterocycles. The van der Waals surface area contributed by atoms with Gasteiger partial charge in [-0.05, 0) is 42.3 Å². The van der Waals surface area contributed by atoms with Gasteiger partial charge in [-0.3, -0.25) is 10.1 Å². The van der Waals surface area contributed by atoms with E-state index in [2.05, 4.69) is 16.0 Å². The number of nitrogens with one attached hydrogen (secondary N) is 3. The van der Waals surface area contributed by atoms with Crippen LogP contribution < -0.4 is 16.0 Å².